The second-order valence-electron chi connectivity index (χ2n) is 9.96. The Kier molecular flexibility index (Phi) is 7.89. The number of carbonyl (C=O) groups is 1. The highest BCUT2D eigenvalue weighted by molar-refractivity contribution is 7.89. The molecule has 206 valence electrons. The Hall–Kier alpha value is -3.08. The molecule has 2 fully saturated rings. The molecule has 11 heteroatoms. The first-order valence-electron chi connectivity index (χ1n) is 12.8. The third-order valence-corrected chi connectivity index (χ3v) is 9.71. The van der Waals surface area contributed by atoms with Crippen LogP contribution in [0, 0.1) is 24.5 Å². The number of benzene rings is 2. The van der Waals surface area contributed by atoms with Crippen LogP contribution >= 0.6 is 11.6 Å². The minimum atomic E-state index is -3.91. The molecule has 0 aliphatic carbocycles. The van der Waals surface area contributed by atoms with Gasteiger partial charge in [-0.1, -0.05) is 23.7 Å². The van der Waals surface area contributed by atoms with E-state index in [4.69, 9.17) is 11.6 Å². The van der Waals surface area contributed by atoms with Crippen LogP contribution in [0.4, 0.5) is 14.5 Å². The average molecular weight is 575 g/mol. The van der Waals surface area contributed by atoms with Crippen molar-refractivity contribution in [2.45, 2.75) is 24.2 Å². The topological polar surface area (TPSA) is 73.8 Å². The molecule has 0 N–H and O–H groups in total. The van der Waals surface area contributed by atoms with E-state index in [-0.39, 0.29) is 35.9 Å². The van der Waals surface area contributed by atoms with Gasteiger partial charge in [0.2, 0.25) is 15.9 Å². The van der Waals surface area contributed by atoms with E-state index in [1.54, 1.807) is 4.90 Å². The van der Waals surface area contributed by atoms with E-state index in [0.717, 1.165) is 17.3 Å². The molecule has 0 radical (unpaired) electrons. The van der Waals surface area contributed by atoms with Gasteiger partial charge in [-0.2, -0.15) is 4.31 Å². The second kappa shape index (κ2) is 11.2. The van der Waals surface area contributed by atoms with Gasteiger partial charge in [-0.15, -0.1) is 0 Å². The van der Waals surface area contributed by atoms with Crippen molar-refractivity contribution in [3.05, 3.63) is 88.7 Å². The molecule has 2 aromatic carbocycles. The molecule has 2 saturated heterocycles. The number of hydrogen-bond donors (Lipinski definition) is 0. The minimum Gasteiger partial charge on any atom is -0.368 e. The molecule has 2 atom stereocenters. The number of halogens is 3. The zero-order valence-corrected chi connectivity index (χ0v) is 23.0. The van der Waals surface area contributed by atoms with E-state index < -0.39 is 33.5 Å². The quantitative estimate of drug-likeness (QED) is 0.450. The summed E-state index contributed by atoms with van der Waals surface area (Å²) in [6, 6.07) is 12.0. The van der Waals surface area contributed by atoms with Crippen molar-refractivity contribution in [2.75, 3.05) is 44.2 Å². The van der Waals surface area contributed by atoms with Crippen molar-refractivity contribution >= 4 is 33.2 Å². The summed E-state index contributed by atoms with van der Waals surface area (Å²) < 4.78 is 56.6. The van der Waals surface area contributed by atoms with Gasteiger partial charge in [0, 0.05) is 74.4 Å². The lowest BCUT2D eigenvalue weighted by atomic mass is 9.80. The molecular weight excluding hydrogens is 546 g/mol. The van der Waals surface area contributed by atoms with Crippen LogP contribution in [-0.4, -0.2) is 67.8 Å². The Bertz CT molecular complexity index is 1470. The highest BCUT2D eigenvalue weighted by Gasteiger charge is 2.42. The maximum atomic E-state index is 14.9. The first-order chi connectivity index (χ1) is 18.6. The van der Waals surface area contributed by atoms with E-state index in [1.807, 2.05) is 25.1 Å². The summed E-state index contributed by atoms with van der Waals surface area (Å²) in [4.78, 5) is 21.8. The van der Waals surface area contributed by atoms with Crippen molar-refractivity contribution in [3.63, 3.8) is 0 Å². The van der Waals surface area contributed by atoms with Gasteiger partial charge in [-0.25, -0.2) is 17.2 Å². The summed E-state index contributed by atoms with van der Waals surface area (Å²) in [5.74, 6) is -3.10. The van der Waals surface area contributed by atoms with Crippen molar-refractivity contribution in [2.24, 2.45) is 5.92 Å². The molecule has 1 amide bonds. The normalized spacial score (nSPS) is 20.7. The number of hydrogen-bond acceptors (Lipinski definition) is 5. The van der Waals surface area contributed by atoms with Crippen molar-refractivity contribution in [1.82, 2.24) is 14.2 Å². The van der Waals surface area contributed by atoms with Gasteiger partial charge < -0.3 is 9.80 Å². The molecule has 39 heavy (non-hydrogen) atoms. The number of sulfonamides is 1. The van der Waals surface area contributed by atoms with Crippen LogP contribution in [0.25, 0.3) is 0 Å². The first-order valence-corrected chi connectivity index (χ1v) is 14.6. The van der Waals surface area contributed by atoms with Gasteiger partial charge in [0.25, 0.3) is 0 Å². The summed E-state index contributed by atoms with van der Waals surface area (Å²) in [6.45, 7) is 4.00. The Balaban J connectivity index is 1.40. The van der Waals surface area contributed by atoms with Crippen molar-refractivity contribution in [3.8, 4) is 0 Å². The van der Waals surface area contributed by atoms with E-state index in [2.05, 4.69) is 9.88 Å². The largest absolute Gasteiger partial charge is 0.368 e. The number of aromatic nitrogens is 1. The molecule has 5 rings (SSSR count). The van der Waals surface area contributed by atoms with Crippen LogP contribution in [0.3, 0.4) is 0 Å². The molecular formula is C28H29ClF2N4O3S. The lowest BCUT2D eigenvalue weighted by Gasteiger charge is -2.42. The van der Waals surface area contributed by atoms with Crippen molar-refractivity contribution in [1.29, 1.82) is 0 Å². The van der Waals surface area contributed by atoms with E-state index >= 15 is 0 Å². The summed E-state index contributed by atoms with van der Waals surface area (Å²) in [7, 11) is -3.91. The third-order valence-electron chi connectivity index (χ3n) is 7.63. The van der Waals surface area contributed by atoms with Crippen molar-refractivity contribution < 1.29 is 22.0 Å². The zero-order valence-electron chi connectivity index (χ0n) is 21.4. The molecule has 0 spiro atoms. The highest BCUT2D eigenvalue weighted by Crippen LogP contribution is 2.38. The van der Waals surface area contributed by atoms with Gasteiger partial charge in [-0.05, 0) is 54.8 Å². The van der Waals surface area contributed by atoms with Crippen LogP contribution in [0.1, 0.15) is 23.5 Å². The Labute approximate surface area is 232 Å². The molecule has 3 heterocycles. The van der Waals surface area contributed by atoms with Gasteiger partial charge in [0.1, 0.15) is 16.5 Å². The monoisotopic (exact) mass is 574 g/mol. The van der Waals surface area contributed by atoms with Crippen LogP contribution in [-0.2, 0) is 14.8 Å². The molecule has 0 unspecified atom stereocenters. The molecule has 2 aliphatic rings. The van der Waals surface area contributed by atoms with E-state index in [9.17, 15) is 22.0 Å². The first kappa shape index (κ1) is 27.5. The highest BCUT2D eigenvalue weighted by atomic mass is 35.5. The summed E-state index contributed by atoms with van der Waals surface area (Å²) >= 11 is 6.21. The number of anilines is 1. The number of carbonyl (C=O) groups excluding carboxylic acids is 1. The minimum absolute atomic E-state index is 0.0353. The number of rotatable bonds is 5. The van der Waals surface area contributed by atoms with Crippen LogP contribution in [0.5, 0.6) is 0 Å². The lowest BCUT2D eigenvalue weighted by molar-refractivity contribution is -0.137. The number of nitrogens with zero attached hydrogens (tertiary/aromatic N) is 4. The van der Waals surface area contributed by atoms with Gasteiger partial charge in [0.05, 0.1) is 5.92 Å². The van der Waals surface area contributed by atoms with Gasteiger partial charge in [0.15, 0.2) is 0 Å². The average Bonchev–Trinajstić information content (AvgIpc) is 2.94. The number of piperidine rings is 1. The Morgan fingerprint density at radius 3 is 2.49 bits per heavy atom. The molecule has 2 aliphatic heterocycles. The summed E-state index contributed by atoms with van der Waals surface area (Å²) in [5.41, 5.74) is 2.31. The van der Waals surface area contributed by atoms with E-state index in [1.165, 1.54) is 41.0 Å². The number of piperazine rings is 1. The third kappa shape index (κ3) is 5.64. The lowest BCUT2D eigenvalue weighted by Crippen LogP contribution is -2.54. The SMILES string of the molecule is Cc1ccc(Cl)cc1N1CCN(C(=O)[C@H]2CN(S(=O)(=O)c3cccnc3)CC[C@@H]2c2ccc(F)cc2F)CC1. The fourth-order valence-electron chi connectivity index (χ4n) is 5.54. The molecule has 0 bridgehead atoms. The molecule has 7 nitrogen and oxygen atoms in total. The number of amides is 1. The molecule has 0 saturated carbocycles. The predicted octanol–water partition coefficient (Wildman–Crippen LogP) is 4.46. The van der Waals surface area contributed by atoms with Gasteiger partial charge >= 0.3 is 0 Å². The van der Waals surface area contributed by atoms with Gasteiger partial charge in [-0.3, -0.25) is 9.78 Å². The molecule has 1 aromatic heterocycles. The van der Waals surface area contributed by atoms with E-state index in [0.29, 0.717) is 31.2 Å². The standard InChI is InChI=1S/C28H29ClF2N4O3S/c1-19-4-5-20(29)15-27(19)33-11-13-34(14-12-33)28(36)25-18-35(39(37,38)22-3-2-9-32-17-22)10-8-23(25)24-7-6-21(30)16-26(24)31/h2-7,9,15-17,23,25H,8,10-14,18H2,1H3/t23-,25+/m1/s1. The Morgan fingerprint density at radius 1 is 1.03 bits per heavy atom. The predicted molar refractivity (Wildman–Crippen MR) is 145 cm³/mol. The van der Waals surface area contributed by atoms with Crippen LogP contribution < -0.4 is 4.90 Å². The Morgan fingerprint density at radius 2 is 1.79 bits per heavy atom. The second-order valence-corrected chi connectivity index (χ2v) is 12.3. The van der Waals surface area contributed by atoms with Crippen LogP contribution in [0.15, 0.2) is 65.8 Å². The smallest absolute Gasteiger partial charge is 0.244 e. The maximum Gasteiger partial charge on any atom is 0.244 e. The summed E-state index contributed by atoms with van der Waals surface area (Å²) in [5, 5.41) is 0.635. The number of pyridine rings is 1. The molecule has 3 aromatic rings. The summed E-state index contributed by atoms with van der Waals surface area (Å²) in [6.07, 6.45) is 2.98. The van der Waals surface area contributed by atoms with Crippen LogP contribution in [0.2, 0.25) is 5.02 Å². The fourth-order valence-corrected chi connectivity index (χ4v) is 7.15. The fraction of sp³-hybridized carbons (Fsp3) is 0.357. The zero-order chi connectivity index (χ0) is 27.7. The maximum absolute atomic E-state index is 14.9. The number of aryl methyl sites for hydroxylation is 1.